The first-order chi connectivity index (χ1) is 9.66. The smallest absolute Gasteiger partial charge is 0.220 e. The van der Waals surface area contributed by atoms with Gasteiger partial charge in [-0.2, -0.15) is 0 Å². The average molecular weight is 272 g/mol. The highest BCUT2D eigenvalue weighted by atomic mass is 16.1. The molecule has 0 aliphatic carbocycles. The Kier molecular flexibility index (Phi) is 4.87. The molecule has 2 aromatic rings. The number of nitrogens with zero attached hydrogens (tertiary/aromatic N) is 3. The SMILES string of the molecule is Cc1ncn(CCNC(=O)CCc2cccnc2)c1C. The molecule has 0 spiro atoms. The summed E-state index contributed by atoms with van der Waals surface area (Å²) in [6.07, 6.45) is 6.56. The van der Waals surface area contributed by atoms with Crippen molar-refractivity contribution < 1.29 is 4.79 Å². The highest BCUT2D eigenvalue weighted by Gasteiger charge is 2.04. The number of hydrogen-bond donors (Lipinski definition) is 1. The van der Waals surface area contributed by atoms with Gasteiger partial charge >= 0.3 is 0 Å². The predicted octanol–water partition coefficient (Wildman–Crippen LogP) is 1.64. The second-order valence-corrected chi connectivity index (χ2v) is 4.82. The predicted molar refractivity (Wildman–Crippen MR) is 77.3 cm³/mol. The normalized spacial score (nSPS) is 10.5. The van der Waals surface area contributed by atoms with Crippen LogP contribution in [0.2, 0.25) is 0 Å². The summed E-state index contributed by atoms with van der Waals surface area (Å²) >= 11 is 0. The highest BCUT2D eigenvalue weighted by Crippen LogP contribution is 2.03. The average Bonchev–Trinajstić information content (AvgIpc) is 2.78. The fourth-order valence-electron chi connectivity index (χ4n) is 1.98. The lowest BCUT2D eigenvalue weighted by atomic mass is 10.1. The van der Waals surface area contributed by atoms with Crippen molar-refractivity contribution in [2.45, 2.75) is 33.2 Å². The molecule has 5 nitrogen and oxygen atoms in total. The van der Waals surface area contributed by atoms with Crippen LogP contribution in [0.4, 0.5) is 0 Å². The zero-order valence-electron chi connectivity index (χ0n) is 12.0. The van der Waals surface area contributed by atoms with Gasteiger partial charge in [-0.25, -0.2) is 4.98 Å². The van der Waals surface area contributed by atoms with Crippen LogP contribution in [-0.2, 0) is 17.8 Å². The van der Waals surface area contributed by atoms with Crippen LogP contribution >= 0.6 is 0 Å². The molecule has 0 aliphatic rings. The van der Waals surface area contributed by atoms with E-state index in [9.17, 15) is 4.79 Å². The maximum atomic E-state index is 11.7. The number of aryl methyl sites for hydroxylation is 2. The van der Waals surface area contributed by atoms with E-state index in [1.807, 2.05) is 32.3 Å². The van der Waals surface area contributed by atoms with Gasteiger partial charge in [-0.1, -0.05) is 6.07 Å². The molecule has 2 aromatic heterocycles. The lowest BCUT2D eigenvalue weighted by Crippen LogP contribution is -2.27. The fourth-order valence-corrected chi connectivity index (χ4v) is 1.98. The van der Waals surface area contributed by atoms with Crippen LogP contribution in [0.25, 0.3) is 0 Å². The number of carbonyl (C=O) groups is 1. The first-order valence-corrected chi connectivity index (χ1v) is 6.81. The van der Waals surface area contributed by atoms with E-state index in [0.717, 1.165) is 29.9 Å². The van der Waals surface area contributed by atoms with E-state index >= 15 is 0 Å². The zero-order valence-corrected chi connectivity index (χ0v) is 12.0. The van der Waals surface area contributed by atoms with Gasteiger partial charge in [0.2, 0.25) is 5.91 Å². The van der Waals surface area contributed by atoms with Crippen molar-refractivity contribution in [2.24, 2.45) is 0 Å². The molecule has 106 valence electrons. The van der Waals surface area contributed by atoms with Crippen LogP contribution in [0.15, 0.2) is 30.9 Å². The summed E-state index contributed by atoms with van der Waals surface area (Å²) in [5, 5.41) is 2.93. The van der Waals surface area contributed by atoms with Crippen molar-refractivity contribution in [1.82, 2.24) is 19.9 Å². The molecule has 2 rings (SSSR count). The van der Waals surface area contributed by atoms with Crippen LogP contribution < -0.4 is 5.32 Å². The quantitative estimate of drug-likeness (QED) is 0.869. The summed E-state index contributed by atoms with van der Waals surface area (Å²) in [4.78, 5) is 20.0. The van der Waals surface area contributed by atoms with Crippen molar-refractivity contribution in [3.63, 3.8) is 0 Å². The van der Waals surface area contributed by atoms with E-state index in [1.165, 1.54) is 0 Å². The van der Waals surface area contributed by atoms with Crippen molar-refractivity contribution >= 4 is 5.91 Å². The van der Waals surface area contributed by atoms with Crippen molar-refractivity contribution in [3.8, 4) is 0 Å². The van der Waals surface area contributed by atoms with Crippen LogP contribution in [-0.4, -0.2) is 27.0 Å². The maximum Gasteiger partial charge on any atom is 0.220 e. The Morgan fingerprint density at radius 2 is 2.25 bits per heavy atom. The fraction of sp³-hybridized carbons (Fsp3) is 0.400. The second-order valence-electron chi connectivity index (χ2n) is 4.82. The number of aromatic nitrogens is 3. The Morgan fingerprint density at radius 1 is 1.40 bits per heavy atom. The van der Waals surface area contributed by atoms with Gasteiger partial charge in [-0.05, 0) is 31.9 Å². The summed E-state index contributed by atoms with van der Waals surface area (Å²) in [6.45, 7) is 5.40. The number of imidazole rings is 1. The molecule has 20 heavy (non-hydrogen) atoms. The summed E-state index contributed by atoms with van der Waals surface area (Å²) < 4.78 is 2.05. The standard InChI is InChI=1S/C15H20N4O/c1-12-13(2)19(11-18-12)9-8-17-15(20)6-5-14-4-3-7-16-10-14/h3-4,7,10-11H,5-6,8-9H2,1-2H3,(H,17,20). The molecule has 0 atom stereocenters. The van der Waals surface area contributed by atoms with Gasteiger partial charge in [-0.3, -0.25) is 9.78 Å². The van der Waals surface area contributed by atoms with Crippen LogP contribution in [0.5, 0.6) is 0 Å². The van der Waals surface area contributed by atoms with Crippen molar-refractivity contribution in [2.75, 3.05) is 6.54 Å². The molecule has 1 N–H and O–H groups in total. The Hall–Kier alpha value is -2.17. The third-order valence-corrected chi connectivity index (χ3v) is 3.38. The van der Waals surface area contributed by atoms with Gasteiger partial charge in [0.05, 0.1) is 12.0 Å². The van der Waals surface area contributed by atoms with Gasteiger partial charge in [0.25, 0.3) is 0 Å². The summed E-state index contributed by atoms with van der Waals surface area (Å²) in [5.41, 5.74) is 3.27. The Balaban J connectivity index is 1.69. The summed E-state index contributed by atoms with van der Waals surface area (Å²) in [5.74, 6) is 0.0725. The molecule has 0 unspecified atom stereocenters. The molecule has 1 amide bonds. The van der Waals surface area contributed by atoms with Crippen LogP contribution in [0, 0.1) is 13.8 Å². The lowest BCUT2D eigenvalue weighted by Gasteiger charge is -2.07. The first-order valence-electron chi connectivity index (χ1n) is 6.81. The first kappa shape index (κ1) is 14.2. The Bertz CT molecular complexity index is 563. The largest absolute Gasteiger partial charge is 0.354 e. The van der Waals surface area contributed by atoms with Crippen LogP contribution in [0.1, 0.15) is 23.4 Å². The molecule has 0 saturated heterocycles. The lowest BCUT2D eigenvalue weighted by molar-refractivity contribution is -0.121. The van der Waals surface area contributed by atoms with E-state index in [0.29, 0.717) is 13.0 Å². The molecule has 0 aromatic carbocycles. The van der Waals surface area contributed by atoms with Crippen molar-refractivity contribution in [1.29, 1.82) is 0 Å². The van der Waals surface area contributed by atoms with E-state index in [1.54, 1.807) is 12.4 Å². The third-order valence-electron chi connectivity index (χ3n) is 3.38. The number of pyridine rings is 1. The van der Waals surface area contributed by atoms with Gasteiger partial charge in [0, 0.05) is 37.6 Å². The minimum Gasteiger partial charge on any atom is -0.354 e. The van der Waals surface area contributed by atoms with Gasteiger partial charge in [0.1, 0.15) is 0 Å². The summed E-state index contributed by atoms with van der Waals surface area (Å²) in [6, 6.07) is 3.87. The number of nitrogens with one attached hydrogen (secondary N) is 1. The van der Waals surface area contributed by atoms with E-state index < -0.39 is 0 Å². The second kappa shape index (κ2) is 6.84. The van der Waals surface area contributed by atoms with Crippen LogP contribution in [0.3, 0.4) is 0 Å². The molecule has 0 fully saturated rings. The molecular formula is C15H20N4O. The Labute approximate surface area is 119 Å². The van der Waals surface area contributed by atoms with Gasteiger partial charge in [-0.15, -0.1) is 0 Å². The molecule has 2 heterocycles. The monoisotopic (exact) mass is 272 g/mol. The van der Waals surface area contributed by atoms with E-state index in [-0.39, 0.29) is 5.91 Å². The minimum absolute atomic E-state index is 0.0725. The molecular weight excluding hydrogens is 252 g/mol. The molecule has 0 aliphatic heterocycles. The van der Waals surface area contributed by atoms with E-state index in [4.69, 9.17) is 0 Å². The minimum atomic E-state index is 0.0725. The topological polar surface area (TPSA) is 59.8 Å². The van der Waals surface area contributed by atoms with Gasteiger partial charge in [0.15, 0.2) is 0 Å². The molecule has 0 bridgehead atoms. The maximum absolute atomic E-state index is 11.7. The number of rotatable bonds is 6. The van der Waals surface area contributed by atoms with E-state index in [2.05, 4.69) is 19.9 Å². The van der Waals surface area contributed by atoms with Gasteiger partial charge < -0.3 is 9.88 Å². The third kappa shape index (κ3) is 3.91. The Morgan fingerprint density at radius 3 is 2.90 bits per heavy atom. The number of amides is 1. The molecule has 0 saturated carbocycles. The highest BCUT2D eigenvalue weighted by molar-refractivity contribution is 5.76. The summed E-state index contributed by atoms with van der Waals surface area (Å²) in [7, 11) is 0. The van der Waals surface area contributed by atoms with Crippen molar-refractivity contribution in [3.05, 3.63) is 47.8 Å². The number of hydrogen-bond acceptors (Lipinski definition) is 3. The molecule has 5 heteroatoms. The number of carbonyl (C=O) groups excluding carboxylic acids is 1. The zero-order chi connectivity index (χ0) is 14.4. The molecule has 0 radical (unpaired) electrons.